The summed E-state index contributed by atoms with van der Waals surface area (Å²) in [4.78, 5) is 15.3. The molecule has 5 nitrogen and oxygen atoms in total. The van der Waals surface area contributed by atoms with Crippen LogP contribution >= 0.6 is 12.4 Å². The van der Waals surface area contributed by atoms with Crippen molar-refractivity contribution < 1.29 is 9.53 Å². The van der Waals surface area contributed by atoms with E-state index in [0.29, 0.717) is 5.56 Å². The zero-order chi connectivity index (χ0) is 14.5. The Morgan fingerprint density at radius 1 is 1.05 bits per heavy atom. The molecule has 0 fully saturated rings. The SMILES string of the molecule is COc1ccc(-c2cccc(C(=O)N=C(N)N)c2)cc1.Cl. The number of methoxy groups -OCH3 is 1. The van der Waals surface area contributed by atoms with Gasteiger partial charge in [0, 0.05) is 5.56 Å². The largest absolute Gasteiger partial charge is 0.497 e. The van der Waals surface area contributed by atoms with Crippen molar-refractivity contribution in [1.82, 2.24) is 0 Å². The van der Waals surface area contributed by atoms with Crippen molar-refractivity contribution >= 4 is 24.3 Å². The number of rotatable bonds is 3. The van der Waals surface area contributed by atoms with Crippen molar-refractivity contribution in [3.05, 3.63) is 54.1 Å². The normalized spacial score (nSPS) is 9.38. The summed E-state index contributed by atoms with van der Waals surface area (Å²) in [7, 11) is 1.61. The van der Waals surface area contributed by atoms with Crippen molar-refractivity contribution in [2.24, 2.45) is 16.5 Å². The zero-order valence-corrected chi connectivity index (χ0v) is 12.3. The number of hydrogen-bond acceptors (Lipinski definition) is 2. The van der Waals surface area contributed by atoms with Gasteiger partial charge >= 0.3 is 0 Å². The Kier molecular flexibility index (Phi) is 5.75. The van der Waals surface area contributed by atoms with Gasteiger partial charge in [-0.25, -0.2) is 0 Å². The molecule has 2 rings (SSSR count). The highest BCUT2D eigenvalue weighted by Crippen LogP contribution is 2.23. The molecule has 2 aromatic carbocycles. The number of ether oxygens (including phenoxy) is 1. The molecule has 0 heterocycles. The Balaban J connectivity index is 0.00000220. The van der Waals surface area contributed by atoms with Gasteiger partial charge < -0.3 is 16.2 Å². The van der Waals surface area contributed by atoms with Crippen LogP contribution in [0.15, 0.2) is 53.5 Å². The van der Waals surface area contributed by atoms with E-state index >= 15 is 0 Å². The van der Waals surface area contributed by atoms with E-state index in [1.807, 2.05) is 30.3 Å². The number of carbonyl (C=O) groups is 1. The van der Waals surface area contributed by atoms with E-state index in [2.05, 4.69) is 4.99 Å². The smallest absolute Gasteiger partial charge is 0.280 e. The molecule has 6 heteroatoms. The van der Waals surface area contributed by atoms with Gasteiger partial charge in [-0.05, 0) is 35.4 Å². The molecule has 21 heavy (non-hydrogen) atoms. The van der Waals surface area contributed by atoms with E-state index in [1.54, 1.807) is 25.3 Å². The molecule has 0 aliphatic carbocycles. The number of carbonyl (C=O) groups excluding carboxylic acids is 1. The average Bonchev–Trinajstić information content (AvgIpc) is 2.47. The first-order valence-electron chi connectivity index (χ1n) is 5.98. The van der Waals surface area contributed by atoms with Gasteiger partial charge in [0.1, 0.15) is 5.75 Å². The van der Waals surface area contributed by atoms with Crippen LogP contribution < -0.4 is 16.2 Å². The van der Waals surface area contributed by atoms with E-state index in [-0.39, 0.29) is 18.4 Å². The van der Waals surface area contributed by atoms with E-state index < -0.39 is 5.91 Å². The average molecular weight is 306 g/mol. The van der Waals surface area contributed by atoms with Gasteiger partial charge in [0.15, 0.2) is 5.96 Å². The number of nitrogens with two attached hydrogens (primary N) is 2. The summed E-state index contributed by atoms with van der Waals surface area (Å²) in [5.74, 6) is 0.0756. The zero-order valence-electron chi connectivity index (χ0n) is 11.4. The number of nitrogens with zero attached hydrogens (tertiary/aromatic N) is 1. The molecule has 0 aliphatic heterocycles. The molecule has 110 valence electrons. The van der Waals surface area contributed by atoms with Crippen LogP contribution in [0.3, 0.4) is 0 Å². The van der Waals surface area contributed by atoms with Crippen LogP contribution in [0, 0.1) is 0 Å². The van der Waals surface area contributed by atoms with Gasteiger partial charge in [0.2, 0.25) is 0 Å². The highest BCUT2D eigenvalue weighted by atomic mass is 35.5. The van der Waals surface area contributed by atoms with Gasteiger partial charge in [-0.2, -0.15) is 4.99 Å². The second kappa shape index (κ2) is 7.31. The highest BCUT2D eigenvalue weighted by molar-refractivity contribution is 6.02. The predicted molar refractivity (Wildman–Crippen MR) is 85.8 cm³/mol. The number of aliphatic imine (C=N–C) groups is 1. The standard InChI is InChI=1S/C15H15N3O2.ClH/c1-20-13-7-5-10(6-8-13)11-3-2-4-12(9-11)14(19)18-15(16)17;/h2-9H,1H3,(H4,16,17,18,19);1H. The first-order chi connectivity index (χ1) is 9.60. The molecule has 0 radical (unpaired) electrons. The van der Waals surface area contributed by atoms with E-state index in [1.165, 1.54) is 0 Å². The van der Waals surface area contributed by atoms with Gasteiger partial charge in [0.25, 0.3) is 5.91 Å². The number of halogens is 1. The number of amides is 1. The molecular weight excluding hydrogens is 290 g/mol. The Hall–Kier alpha value is -2.53. The van der Waals surface area contributed by atoms with Crippen molar-refractivity contribution in [2.75, 3.05) is 7.11 Å². The van der Waals surface area contributed by atoms with Crippen molar-refractivity contribution in [3.8, 4) is 16.9 Å². The fourth-order valence-corrected chi connectivity index (χ4v) is 1.80. The van der Waals surface area contributed by atoms with E-state index in [4.69, 9.17) is 16.2 Å². The van der Waals surface area contributed by atoms with Crippen LogP contribution in [0.4, 0.5) is 0 Å². The first kappa shape index (κ1) is 16.5. The molecule has 0 aliphatic rings. The molecule has 0 saturated heterocycles. The Labute approximate surface area is 129 Å². The second-order valence-corrected chi connectivity index (χ2v) is 4.15. The lowest BCUT2D eigenvalue weighted by molar-refractivity contribution is 0.100. The minimum atomic E-state index is -0.458. The molecule has 0 aromatic heterocycles. The van der Waals surface area contributed by atoms with Gasteiger partial charge in [0.05, 0.1) is 7.11 Å². The Morgan fingerprint density at radius 2 is 1.71 bits per heavy atom. The third-order valence-corrected chi connectivity index (χ3v) is 2.76. The Bertz CT molecular complexity index is 650. The summed E-state index contributed by atoms with van der Waals surface area (Å²) >= 11 is 0. The molecule has 0 saturated carbocycles. The summed E-state index contributed by atoms with van der Waals surface area (Å²) in [6.45, 7) is 0. The lowest BCUT2D eigenvalue weighted by Crippen LogP contribution is -2.24. The molecule has 4 N–H and O–H groups in total. The van der Waals surface area contributed by atoms with Crippen molar-refractivity contribution in [3.63, 3.8) is 0 Å². The van der Waals surface area contributed by atoms with Crippen LogP contribution in [-0.2, 0) is 0 Å². The summed E-state index contributed by atoms with van der Waals surface area (Å²) in [6, 6.07) is 14.7. The predicted octanol–water partition coefficient (Wildman–Crippen LogP) is 2.20. The first-order valence-corrected chi connectivity index (χ1v) is 5.98. The second-order valence-electron chi connectivity index (χ2n) is 4.15. The van der Waals surface area contributed by atoms with Crippen LogP contribution in [0.2, 0.25) is 0 Å². The molecule has 0 bridgehead atoms. The maximum atomic E-state index is 11.8. The summed E-state index contributed by atoms with van der Waals surface area (Å²) in [5, 5.41) is 0. The van der Waals surface area contributed by atoms with Crippen LogP contribution in [0.25, 0.3) is 11.1 Å². The maximum Gasteiger partial charge on any atom is 0.280 e. The minimum absolute atomic E-state index is 0. The van der Waals surface area contributed by atoms with Gasteiger partial charge in [-0.15, -0.1) is 12.4 Å². The monoisotopic (exact) mass is 305 g/mol. The van der Waals surface area contributed by atoms with Crippen molar-refractivity contribution in [1.29, 1.82) is 0 Å². The van der Waals surface area contributed by atoms with Crippen LogP contribution in [-0.4, -0.2) is 19.0 Å². The van der Waals surface area contributed by atoms with E-state index in [0.717, 1.165) is 16.9 Å². The summed E-state index contributed by atoms with van der Waals surface area (Å²) in [5.41, 5.74) is 12.7. The van der Waals surface area contributed by atoms with Crippen LogP contribution in [0.5, 0.6) is 5.75 Å². The molecule has 0 atom stereocenters. The lowest BCUT2D eigenvalue weighted by atomic mass is 10.0. The number of hydrogen-bond donors (Lipinski definition) is 2. The fourth-order valence-electron chi connectivity index (χ4n) is 1.80. The molecular formula is C15H16ClN3O2. The Morgan fingerprint density at radius 3 is 2.29 bits per heavy atom. The minimum Gasteiger partial charge on any atom is -0.497 e. The van der Waals surface area contributed by atoms with E-state index in [9.17, 15) is 4.79 Å². The quantitative estimate of drug-likeness (QED) is 0.672. The molecule has 1 amide bonds. The highest BCUT2D eigenvalue weighted by Gasteiger charge is 2.06. The lowest BCUT2D eigenvalue weighted by Gasteiger charge is -2.05. The fraction of sp³-hybridized carbons (Fsp3) is 0.0667. The van der Waals surface area contributed by atoms with Gasteiger partial charge in [-0.1, -0.05) is 24.3 Å². The van der Waals surface area contributed by atoms with Gasteiger partial charge in [-0.3, -0.25) is 4.79 Å². The maximum absolute atomic E-state index is 11.8. The van der Waals surface area contributed by atoms with Crippen molar-refractivity contribution in [2.45, 2.75) is 0 Å². The number of benzene rings is 2. The summed E-state index contributed by atoms with van der Waals surface area (Å²) < 4.78 is 5.11. The number of guanidine groups is 1. The summed E-state index contributed by atoms with van der Waals surface area (Å²) in [6.07, 6.45) is 0. The molecule has 0 unspecified atom stereocenters. The third-order valence-electron chi connectivity index (χ3n) is 2.76. The molecule has 0 spiro atoms. The third kappa shape index (κ3) is 4.22. The van der Waals surface area contributed by atoms with Crippen LogP contribution in [0.1, 0.15) is 10.4 Å². The molecule has 2 aromatic rings. The topological polar surface area (TPSA) is 90.7 Å².